The minimum Gasteiger partial charge on any atom is -0.487 e. The third-order valence-corrected chi connectivity index (χ3v) is 11.4. The van der Waals surface area contributed by atoms with E-state index in [1.165, 1.54) is 0 Å². The molecule has 20 heteroatoms. The summed E-state index contributed by atoms with van der Waals surface area (Å²) in [5.74, 6) is 3.82. The van der Waals surface area contributed by atoms with Gasteiger partial charge < -0.3 is 85.6 Å². The Bertz CT molecular complexity index is 1940. The molecule has 0 N–H and O–H groups in total. The zero-order valence-electron chi connectivity index (χ0n) is 42.0. The lowest BCUT2D eigenvalue weighted by Gasteiger charge is -2.26. The summed E-state index contributed by atoms with van der Waals surface area (Å²) in [7, 11) is 0. The molecule has 4 aromatic rings. The van der Waals surface area contributed by atoms with Gasteiger partial charge in [0.2, 0.25) is 11.8 Å². The first-order chi connectivity index (χ1) is 36.6. The lowest BCUT2D eigenvalue weighted by Crippen LogP contribution is -2.41. The maximum atomic E-state index is 13.8. The number of nitrogens with zero attached hydrogens (tertiary/aromatic N) is 2. The fraction of sp³-hybridized carbons (Fsp3) is 0.519. The van der Waals surface area contributed by atoms with Gasteiger partial charge in [-0.05, 0) is 48.5 Å². The lowest BCUT2D eigenvalue weighted by molar-refractivity contribution is -0.142. The van der Waals surface area contributed by atoms with E-state index in [1.54, 1.807) is 9.80 Å². The van der Waals surface area contributed by atoms with Crippen molar-refractivity contribution in [2.45, 2.75) is 12.2 Å². The summed E-state index contributed by atoms with van der Waals surface area (Å²) in [5.41, 5.74) is 0. The molecule has 3 aliphatic heterocycles. The molecule has 404 valence electrons. The molecule has 0 saturated carbocycles. The van der Waals surface area contributed by atoms with Crippen molar-refractivity contribution in [3.63, 3.8) is 0 Å². The number of carbonyl (C=O) groups excluding carboxylic acids is 2. The standard InChI is InChI=1S/C54H70N2O18/c57-53(41-69-43-37-71-49-13-5-1-9-45(49)65-33-29-63-30-34-66-46-10-2-6-14-50(46)72-38-43)55-17-21-59-25-27-61-23-19-56(20-24-62-28-26-60-22-18-55)54(58)42-70-44-39-73-51-15-7-3-11-47(51)67-35-31-64-32-36-68-48-12-4-8-16-52(48)74-40-44/h1-16,43-44H,17-42H2. The molecule has 4 aromatic carbocycles. The fourth-order valence-corrected chi connectivity index (χ4v) is 7.45. The molecule has 0 aliphatic carbocycles. The third kappa shape index (κ3) is 20.0. The molecule has 0 bridgehead atoms. The molecule has 3 heterocycles. The second-order valence-corrected chi connectivity index (χ2v) is 16.7. The highest BCUT2D eigenvalue weighted by Gasteiger charge is 2.23. The minimum absolute atomic E-state index is 0.0697. The van der Waals surface area contributed by atoms with E-state index in [-0.39, 0.29) is 130 Å². The van der Waals surface area contributed by atoms with Crippen LogP contribution in [0.25, 0.3) is 0 Å². The monoisotopic (exact) mass is 1030 g/mol. The van der Waals surface area contributed by atoms with Gasteiger partial charge in [-0.2, -0.15) is 0 Å². The highest BCUT2D eigenvalue weighted by atomic mass is 16.6. The van der Waals surface area contributed by atoms with Crippen molar-refractivity contribution in [1.82, 2.24) is 9.80 Å². The molecular formula is C54H70N2O18. The van der Waals surface area contributed by atoms with Crippen LogP contribution in [0.1, 0.15) is 0 Å². The number of fused-ring (bicyclic) bond motifs is 4. The number of carbonyl (C=O) groups is 2. The summed E-state index contributed by atoms with van der Waals surface area (Å²) in [4.78, 5) is 30.8. The number of benzene rings is 4. The molecule has 0 spiro atoms. The second-order valence-electron chi connectivity index (χ2n) is 16.7. The van der Waals surface area contributed by atoms with Crippen LogP contribution in [0.2, 0.25) is 0 Å². The summed E-state index contributed by atoms with van der Waals surface area (Å²) in [6.07, 6.45) is -1.30. The molecule has 0 radical (unpaired) electrons. The Hall–Kier alpha value is -6.10. The van der Waals surface area contributed by atoms with Gasteiger partial charge in [0.1, 0.15) is 78.3 Å². The number of hydrogen-bond acceptors (Lipinski definition) is 18. The molecule has 0 unspecified atom stereocenters. The normalized spacial score (nSPS) is 18.8. The molecule has 1 fully saturated rings. The van der Waals surface area contributed by atoms with Crippen LogP contribution in [-0.2, 0) is 47.5 Å². The van der Waals surface area contributed by atoms with Crippen LogP contribution in [0.5, 0.6) is 46.0 Å². The van der Waals surface area contributed by atoms with E-state index in [2.05, 4.69) is 0 Å². The smallest absolute Gasteiger partial charge is 0.248 e. The predicted octanol–water partition coefficient (Wildman–Crippen LogP) is 4.39. The Morgan fingerprint density at radius 1 is 0.324 bits per heavy atom. The van der Waals surface area contributed by atoms with Crippen LogP contribution >= 0.6 is 0 Å². The van der Waals surface area contributed by atoms with Crippen LogP contribution in [0, 0.1) is 0 Å². The first-order valence-electron chi connectivity index (χ1n) is 25.2. The van der Waals surface area contributed by atoms with Gasteiger partial charge in [-0.15, -0.1) is 0 Å². The molecule has 0 atom stereocenters. The summed E-state index contributed by atoms with van der Waals surface area (Å²) in [5, 5.41) is 0. The van der Waals surface area contributed by atoms with Crippen LogP contribution in [0.15, 0.2) is 97.1 Å². The van der Waals surface area contributed by atoms with E-state index in [1.807, 2.05) is 97.1 Å². The fourth-order valence-electron chi connectivity index (χ4n) is 7.45. The Morgan fingerprint density at radius 3 is 0.797 bits per heavy atom. The van der Waals surface area contributed by atoms with E-state index < -0.39 is 12.2 Å². The van der Waals surface area contributed by atoms with Gasteiger partial charge in [-0.1, -0.05) is 48.5 Å². The van der Waals surface area contributed by atoms with Crippen molar-refractivity contribution in [3.05, 3.63) is 97.1 Å². The first kappa shape index (κ1) is 55.6. The van der Waals surface area contributed by atoms with Crippen LogP contribution < -0.4 is 37.9 Å². The zero-order chi connectivity index (χ0) is 51.1. The third-order valence-electron chi connectivity index (χ3n) is 11.4. The average Bonchev–Trinajstić information content (AvgIpc) is 3.42. The van der Waals surface area contributed by atoms with Crippen LogP contribution in [-0.4, -0.2) is 205 Å². The largest absolute Gasteiger partial charge is 0.487 e. The summed E-state index contributed by atoms with van der Waals surface area (Å²) >= 11 is 0. The van der Waals surface area contributed by atoms with Gasteiger partial charge in [0.25, 0.3) is 0 Å². The Morgan fingerprint density at radius 2 is 0.541 bits per heavy atom. The van der Waals surface area contributed by atoms with Crippen molar-refractivity contribution >= 4 is 11.8 Å². The molecule has 2 amide bonds. The van der Waals surface area contributed by atoms with Gasteiger partial charge in [-0.3, -0.25) is 9.59 Å². The van der Waals surface area contributed by atoms with Crippen molar-refractivity contribution in [2.24, 2.45) is 0 Å². The number of amides is 2. The van der Waals surface area contributed by atoms with Gasteiger partial charge in [0, 0.05) is 26.2 Å². The van der Waals surface area contributed by atoms with E-state index in [9.17, 15) is 9.59 Å². The van der Waals surface area contributed by atoms with E-state index in [0.717, 1.165) is 0 Å². The predicted molar refractivity (Wildman–Crippen MR) is 267 cm³/mol. The molecule has 7 rings (SSSR count). The lowest BCUT2D eigenvalue weighted by atomic mass is 10.3. The maximum absolute atomic E-state index is 13.8. The molecule has 74 heavy (non-hydrogen) atoms. The molecule has 3 aliphatic rings. The first-order valence-corrected chi connectivity index (χ1v) is 25.2. The number of para-hydroxylation sites is 8. The summed E-state index contributed by atoms with van der Waals surface area (Å²) in [6.45, 7) is 5.77. The highest BCUT2D eigenvalue weighted by molar-refractivity contribution is 5.78. The molecule has 0 aromatic heterocycles. The second kappa shape index (κ2) is 33.0. The quantitative estimate of drug-likeness (QED) is 0.264. The molecular weight excluding hydrogens is 965 g/mol. The van der Waals surface area contributed by atoms with Gasteiger partial charge >= 0.3 is 0 Å². The van der Waals surface area contributed by atoms with Gasteiger partial charge in [0.15, 0.2) is 46.0 Å². The Labute approximate surface area is 432 Å². The topological polar surface area (TPSA) is 188 Å². The average molecular weight is 1040 g/mol. The van der Waals surface area contributed by atoms with Gasteiger partial charge in [0.05, 0.1) is 79.3 Å². The number of ether oxygens (including phenoxy) is 16. The van der Waals surface area contributed by atoms with E-state index in [4.69, 9.17) is 75.8 Å². The Kier molecular flexibility index (Phi) is 24.8. The van der Waals surface area contributed by atoms with Crippen LogP contribution in [0.3, 0.4) is 0 Å². The van der Waals surface area contributed by atoms with Crippen LogP contribution in [0.4, 0.5) is 0 Å². The minimum atomic E-state index is -0.652. The van der Waals surface area contributed by atoms with Crippen molar-refractivity contribution in [3.8, 4) is 46.0 Å². The van der Waals surface area contributed by atoms with E-state index >= 15 is 0 Å². The SMILES string of the molecule is O=C(COC1COc2ccccc2OCCOCCOc2ccccc2OC1)N1CCOCCOCCN(C(=O)COC2COc3ccccc3OCCOCCOc3ccccc3OC2)CCOCCOCC1. The van der Waals surface area contributed by atoms with Crippen molar-refractivity contribution < 1.29 is 85.4 Å². The Balaban J connectivity index is 0.887. The van der Waals surface area contributed by atoms with Crippen molar-refractivity contribution in [1.29, 1.82) is 0 Å². The maximum Gasteiger partial charge on any atom is 0.248 e. The van der Waals surface area contributed by atoms with Gasteiger partial charge in [-0.25, -0.2) is 0 Å². The molecule has 20 nitrogen and oxygen atoms in total. The zero-order valence-corrected chi connectivity index (χ0v) is 42.0. The number of hydrogen-bond donors (Lipinski definition) is 0. The summed E-state index contributed by atoms with van der Waals surface area (Å²) in [6, 6.07) is 29.4. The highest BCUT2D eigenvalue weighted by Crippen LogP contribution is 2.30. The van der Waals surface area contributed by atoms with E-state index in [0.29, 0.717) is 98.9 Å². The van der Waals surface area contributed by atoms with Crippen molar-refractivity contribution in [2.75, 3.05) is 172 Å². The summed E-state index contributed by atoms with van der Waals surface area (Å²) < 4.78 is 95.8. The number of rotatable bonds is 6. The molecule has 1 saturated heterocycles.